The van der Waals surface area contributed by atoms with E-state index in [-0.39, 0.29) is 29.6 Å². The lowest BCUT2D eigenvalue weighted by Crippen LogP contribution is -2.30. The molecule has 102 valence electrons. The first-order chi connectivity index (χ1) is 9.06. The van der Waals surface area contributed by atoms with Gasteiger partial charge in [0.05, 0.1) is 5.56 Å². The molecular weight excluding hydrogens is 249 g/mol. The average Bonchev–Trinajstić information content (AvgIpc) is 3.17. The quantitative estimate of drug-likeness (QED) is 0.800. The van der Waals surface area contributed by atoms with E-state index in [4.69, 9.17) is 4.74 Å². The van der Waals surface area contributed by atoms with Crippen LogP contribution in [0.25, 0.3) is 0 Å². The lowest BCUT2D eigenvalue weighted by molar-refractivity contribution is -0.123. The average molecular weight is 265 g/mol. The molecule has 1 amide bonds. The van der Waals surface area contributed by atoms with Crippen molar-refractivity contribution in [1.82, 2.24) is 5.32 Å². The van der Waals surface area contributed by atoms with Crippen LogP contribution in [0.1, 0.15) is 30.1 Å². The Morgan fingerprint density at radius 1 is 1.42 bits per heavy atom. The highest BCUT2D eigenvalue weighted by Crippen LogP contribution is 2.27. The van der Waals surface area contributed by atoms with Crippen molar-refractivity contribution >= 4 is 11.7 Å². The molecule has 1 aliphatic carbocycles. The van der Waals surface area contributed by atoms with Gasteiger partial charge in [0.25, 0.3) is 5.91 Å². The van der Waals surface area contributed by atoms with E-state index in [9.17, 15) is 14.0 Å². The van der Waals surface area contributed by atoms with Crippen LogP contribution >= 0.6 is 0 Å². The molecule has 0 aliphatic heterocycles. The Hall–Kier alpha value is -1.91. The molecule has 0 heterocycles. The topological polar surface area (TPSA) is 55.4 Å². The summed E-state index contributed by atoms with van der Waals surface area (Å²) in [6, 6.07) is 3.66. The second kappa shape index (κ2) is 5.82. The number of ether oxygens (including phenoxy) is 1. The molecule has 4 nitrogen and oxygen atoms in total. The summed E-state index contributed by atoms with van der Waals surface area (Å²) >= 11 is 0. The molecule has 0 bridgehead atoms. The molecule has 2 rings (SSSR count). The number of ketones is 1. The summed E-state index contributed by atoms with van der Waals surface area (Å²) < 4.78 is 18.3. The smallest absolute Gasteiger partial charge is 0.257 e. The number of benzene rings is 1. The van der Waals surface area contributed by atoms with Crippen molar-refractivity contribution in [2.75, 3.05) is 13.2 Å². The molecule has 0 spiro atoms. The summed E-state index contributed by atoms with van der Waals surface area (Å²) in [7, 11) is 0. The van der Waals surface area contributed by atoms with E-state index in [1.807, 2.05) is 0 Å². The van der Waals surface area contributed by atoms with Crippen LogP contribution < -0.4 is 10.1 Å². The summed E-state index contributed by atoms with van der Waals surface area (Å²) in [5.74, 6) is -0.294. The van der Waals surface area contributed by atoms with Gasteiger partial charge in [0, 0.05) is 12.6 Å². The third-order valence-corrected chi connectivity index (χ3v) is 2.97. The molecule has 1 aliphatic rings. The van der Waals surface area contributed by atoms with Crippen molar-refractivity contribution in [3.8, 4) is 5.75 Å². The third-order valence-electron chi connectivity index (χ3n) is 2.97. The Bertz CT molecular complexity index is 497. The fourth-order valence-corrected chi connectivity index (χ4v) is 1.68. The number of nitrogens with one attached hydrogen (secondary N) is 1. The van der Waals surface area contributed by atoms with Gasteiger partial charge >= 0.3 is 0 Å². The van der Waals surface area contributed by atoms with Gasteiger partial charge in [-0.1, -0.05) is 0 Å². The highest BCUT2D eigenvalue weighted by molar-refractivity contribution is 5.96. The van der Waals surface area contributed by atoms with Gasteiger partial charge < -0.3 is 10.1 Å². The van der Waals surface area contributed by atoms with Crippen LogP contribution in [0.2, 0.25) is 0 Å². The maximum atomic E-state index is 13.1. The first-order valence-corrected chi connectivity index (χ1v) is 6.26. The lowest BCUT2D eigenvalue weighted by atomic mass is 10.1. The Balaban J connectivity index is 1.91. The SMILES string of the molecule is CC(=O)c1ccc(F)cc1OCC(=O)NCC1CC1. The molecule has 1 aromatic carbocycles. The lowest BCUT2D eigenvalue weighted by Gasteiger charge is -2.10. The maximum absolute atomic E-state index is 13.1. The van der Waals surface area contributed by atoms with E-state index >= 15 is 0 Å². The molecule has 0 aromatic heterocycles. The van der Waals surface area contributed by atoms with Gasteiger partial charge in [0.1, 0.15) is 11.6 Å². The zero-order valence-electron chi connectivity index (χ0n) is 10.7. The van der Waals surface area contributed by atoms with E-state index < -0.39 is 5.82 Å². The van der Waals surface area contributed by atoms with Gasteiger partial charge in [-0.05, 0) is 37.8 Å². The molecule has 1 fully saturated rings. The Morgan fingerprint density at radius 3 is 2.79 bits per heavy atom. The first kappa shape index (κ1) is 13.5. The zero-order chi connectivity index (χ0) is 13.8. The number of carbonyl (C=O) groups excluding carboxylic acids is 2. The summed E-state index contributed by atoms with van der Waals surface area (Å²) in [4.78, 5) is 22.8. The summed E-state index contributed by atoms with van der Waals surface area (Å²) in [6.45, 7) is 1.81. The van der Waals surface area contributed by atoms with Crippen molar-refractivity contribution in [2.24, 2.45) is 5.92 Å². The molecule has 1 N–H and O–H groups in total. The predicted octanol–water partition coefficient (Wildman–Crippen LogP) is 1.93. The number of halogens is 1. The normalized spacial score (nSPS) is 14.0. The molecule has 0 atom stereocenters. The summed E-state index contributed by atoms with van der Waals surface area (Å²) in [5, 5.41) is 2.74. The minimum Gasteiger partial charge on any atom is -0.483 e. The monoisotopic (exact) mass is 265 g/mol. The van der Waals surface area contributed by atoms with E-state index in [2.05, 4.69) is 5.32 Å². The van der Waals surface area contributed by atoms with Crippen LogP contribution in [0.3, 0.4) is 0 Å². The zero-order valence-corrected chi connectivity index (χ0v) is 10.7. The van der Waals surface area contributed by atoms with Crippen LogP contribution in [0.5, 0.6) is 5.75 Å². The number of Topliss-reactive ketones (excluding diaryl/α,β-unsaturated/α-hetero) is 1. The van der Waals surface area contributed by atoms with Crippen molar-refractivity contribution < 1.29 is 18.7 Å². The largest absolute Gasteiger partial charge is 0.483 e. The van der Waals surface area contributed by atoms with Gasteiger partial charge in [-0.25, -0.2) is 4.39 Å². The number of hydrogen-bond acceptors (Lipinski definition) is 3. The highest BCUT2D eigenvalue weighted by Gasteiger charge is 2.21. The molecule has 19 heavy (non-hydrogen) atoms. The fraction of sp³-hybridized carbons (Fsp3) is 0.429. The number of hydrogen-bond donors (Lipinski definition) is 1. The standard InChI is InChI=1S/C14H16FNO3/c1-9(17)12-5-4-11(15)6-13(12)19-8-14(18)16-7-10-2-3-10/h4-6,10H,2-3,7-8H2,1H3,(H,16,18). The molecular formula is C14H16FNO3. The second-order valence-electron chi connectivity index (χ2n) is 4.73. The minimum absolute atomic E-state index is 0.106. The first-order valence-electron chi connectivity index (χ1n) is 6.26. The predicted molar refractivity (Wildman–Crippen MR) is 67.6 cm³/mol. The van der Waals surface area contributed by atoms with E-state index in [0.29, 0.717) is 12.5 Å². The second-order valence-corrected chi connectivity index (χ2v) is 4.73. The van der Waals surface area contributed by atoms with Gasteiger partial charge in [0.2, 0.25) is 0 Å². The van der Waals surface area contributed by atoms with Crippen molar-refractivity contribution in [2.45, 2.75) is 19.8 Å². The Labute approximate surface area is 110 Å². The van der Waals surface area contributed by atoms with Crippen LogP contribution in [0, 0.1) is 11.7 Å². The van der Waals surface area contributed by atoms with Gasteiger partial charge in [0.15, 0.2) is 12.4 Å². The van der Waals surface area contributed by atoms with Gasteiger partial charge in [-0.2, -0.15) is 0 Å². The van der Waals surface area contributed by atoms with Crippen molar-refractivity contribution in [3.05, 3.63) is 29.6 Å². The van der Waals surface area contributed by atoms with Crippen molar-refractivity contribution in [1.29, 1.82) is 0 Å². The molecule has 5 heteroatoms. The van der Waals surface area contributed by atoms with Crippen LogP contribution in [0.15, 0.2) is 18.2 Å². The third kappa shape index (κ3) is 4.05. The number of amides is 1. The molecule has 0 saturated heterocycles. The fourth-order valence-electron chi connectivity index (χ4n) is 1.68. The van der Waals surface area contributed by atoms with E-state index in [0.717, 1.165) is 18.9 Å². The highest BCUT2D eigenvalue weighted by atomic mass is 19.1. The van der Waals surface area contributed by atoms with Crippen molar-refractivity contribution in [3.63, 3.8) is 0 Å². The van der Waals surface area contributed by atoms with E-state index in [1.54, 1.807) is 0 Å². The Morgan fingerprint density at radius 2 is 2.16 bits per heavy atom. The summed E-state index contributed by atoms with van der Waals surface area (Å²) in [5.41, 5.74) is 0.274. The molecule has 0 unspecified atom stereocenters. The molecule has 1 saturated carbocycles. The van der Waals surface area contributed by atoms with E-state index in [1.165, 1.54) is 19.1 Å². The maximum Gasteiger partial charge on any atom is 0.257 e. The molecule has 1 aromatic rings. The minimum atomic E-state index is -0.501. The Kier molecular flexibility index (Phi) is 4.14. The van der Waals surface area contributed by atoms with Crippen LogP contribution in [0.4, 0.5) is 4.39 Å². The van der Waals surface area contributed by atoms with Crippen LogP contribution in [-0.2, 0) is 4.79 Å². The van der Waals surface area contributed by atoms with Crippen LogP contribution in [-0.4, -0.2) is 24.8 Å². The molecule has 0 radical (unpaired) electrons. The summed E-state index contributed by atoms with van der Waals surface area (Å²) in [6.07, 6.45) is 2.30. The number of rotatable bonds is 6. The van der Waals surface area contributed by atoms with Gasteiger partial charge in [-0.3, -0.25) is 9.59 Å². The van der Waals surface area contributed by atoms with Gasteiger partial charge in [-0.15, -0.1) is 0 Å². The number of carbonyl (C=O) groups is 2.